The fourth-order valence-electron chi connectivity index (χ4n) is 2.55. The number of hydrogen-bond acceptors (Lipinski definition) is 4. The Balaban J connectivity index is 1.48. The van der Waals surface area contributed by atoms with Crippen molar-refractivity contribution in [3.8, 4) is 0 Å². The zero-order valence-corrected chi connectivity index (χ0v) is 11.1. The van der Waals surface area contributed by atoms with E-state index >= 15 is 0 Å². The quantitative estimate of drug-likeness (QED) is 0.879. The SMILES string of the molecule is Cc1ccc(N2CCC(CNC3CC3)CC2)nn1. The lowest BCUT2D eigenvalue weighted by Gasteiger charge is -2.32. The van der Waals surface area contributed by atoms with Crippen molar-refractivity contribution >= 4 is 5.82 Å². The van der Waals surface area contributed by atoms with Crippen LogP contribution in [-0.2, 0) is 0 Å². The van der Waals surface area contributed by atoms with E-state index in [1.807, 2.05) is 13.0 Å². The summed E-state index contributed by atoms with van der Waals surface area (Å²) >= 11 is 0. The van der Waals surface area contributed by atoms with Crippen LogP contribution < -0.4 is 10.2 Å². The minimum atomic E-state index is 0.839. The van der Waals surface area contributed by atoms with Gasteiger partial charge in [-0.25, -0.2) is 0 Å². The number of aromatic nitrogens is 2. The Morgan fingerprint density at radius 3 is 2.56 bits per heavy atom. The summed E-state index contributed by atoms with van der Waals surface area (Å²) in [6.45, 7) is 5.42. The first-order valence-corrected chi connectivity index (χ1v) is 7.10. The standard InChI is InChI=1S/C14H22N4/c1-11-2-5-14(17-16-11)18-8-6-12(7-9-18)10-15-13-3-4-13/h2,5,12-13,15H,3-4,6-10H2,1H3. The Kier molecular flexibility index (Phi) is 3.46. The van der Waals surface area contributed by atoms with Crippen LogP contribution in [0, 0.1) is 12.8 Å². The maximum Gasteiger partial charge on any atom is 0.151 e. The van der Waals surface area contributed by atoms with E-state index in [9.17, 15) is 0 Å². The van der Waals surface area contributed by atoms with Gasteiger partial charge in [-0.05, 0) is 57.2 Å². The van der Waals surface area contributed by atoms with Gasteiger partial charge in [0.2, 0.25) is 0 Å². The Hall–Kier alpha value is -1.16. The van der Waals surface area contributed by atoms with Crippen molar-refractivity contribution in [2.75, 3.05) is 24.5 Å². The lowest BCUT2D eigenvalue weighted by atomic mass is 9.97. The number of piperidine rings is 1. The highest BCUT2D eigenvalue weighted by atomic mass is 15.3. The first kappa shape index (κ1) is 11.9. The first-order chi connectivity index (χ1) is 8.81. The average Bonchev–Trinajstić information content (AvgIpc) is 3.22. The van der Waals surface area contributed by atoms with Crippen molar-refractivity contribution in [1.29, 1.82) is 0 Å². The molecule has 0 amide bonds. The summed E-state index contributed by atoms with van der Waals surface area (Å²) in [5, 5.41) is 12.1. The molecule has 1 N–H and O–H groups in total. The number of nitrogens with one attached hydrogen (secondary N) is 1. The van der Waals surface area contributed by atoms with Crippen LogP contribution >= 0.6 is 0 Å². The summed E-state index contributed by atoms with van der Waals surface area (Å²) in [4.78, 5) is 2.36. The van der Waals surface area contributed by atoms with Gasteiger partial charge in [0.1, 0.15) is 0 Å². The molecule has 0 atom stereocenters. The molecule has 1 saturated heterocycles. The van der Waals surface area contributed by atoms with Crippen LogP contribution in [0.5, 0.6) is 0 Å². The molecule has 0 radical (unpaired) electrons. The van der Waals surface area contributed by atoms with Crippen LogP contribution in [0.1, 0.15) is 31.4 Å². The first-order valence-electron chi connectivity index (χ1n) is 7.10. The van der Waals surface area contributed by atoms with Gasteiger partial charge in [0.15, 0.2) is 5.82 Å². The van der Waals surface area contributed by atoms with E-state index in [1.165, 1.54) is 32.2 Å². The molecule has 1 aromatic rings. The Bertz CT molecular complexity index is 377. The third kappa shape index (κ3) is 2.99. The second-order valence-corrected chi connectivity index (χ2v) is 5.65. The lowest BCUT2D eigenvalue weighted by Crippen LogP contribution is -2.38. The second kappa shape index (κ2) is 5.22. The van der Waals surface area contributed by atoms with Crippen molar-refractivity contribution in [1.82, 2.24) is 15.5 Å². The van der Waals surface area contributed by atoms with Gasteiger partial charge in [0, 0.05) is 19.1 Å². The van der Waals surface area contributed by atoms with Crippen molar-refractivity contribution < 1.29 is 0 Å². The predicted octanol–water partition coefficient (Wildman–Crippen LogP) is 1.75. The number of aryl methyl sites for hydroxylation is 1. The van der Waals surface area contributed by atoms with E-state index in [0.29, 0.717) is 0 Å². The highest BCUT2D eigenvalue weighted by molar-refractivity contribution is 5.37. The van der Waals surface area contributed by atoms with Crippen LogP contribution in [0.4, 0.5) is 5.82 Å². The molecule has 0 spiro atoms. The van der Waals surface area contributed by atoms with Gasteiger partial charge in [-0.15, -0.1) is 5.10 Å². The molecular formula is C14H22N4. The van der Waals surface area contributed by atoms with Crippen molar-refractivity contribution in [2.45, 2.75) is 38.6 Å². The molecule has 4 heteroatoms. The Labute approximate surface area is 109 Å². The summed E-state index contributed by atoms with van der Waals surface area (Å²) in [5.74, 6) is 1.88. The van der Waals surface area contributed by atoms with Gasteiger partial charge in [-0.2, -0.15) is 5.10 Å². The van der Waals surface area contributed by atoms with Gasteiger partial charge in [0.25, 0.3) is 0 Å². The molecule has 0 bridgehead atoms. The smallest absolute Gasteiger partial charge is 0.151 e. The largest absolute Gasteiger partial charge is 0.355 e. The summed E-state index contributed by atoms with van der Waals surface area (Å²) in [5.41, 5.74) is 0.988. The van der Waals surface area contributed by atoms with E-state index in [2.05, 4.69) is 26.5 Å². The number of nitrogens with zero attached hydrogens (tertiary/aromatic N) is 3. The summed E-state index contributed by atoms with van der Waals surface area (Å²) in [6, 6.07) is 4.97. The molecular weight excluding hydrogens is 224 g/mol. The molecule has 2 aliphatic rings. The monoisotopic (exact) mass is 246 g/mol. The molecule has 0 unspecified atom stereocenters. The van der Waals surface area contributed by atoms with E-state index in [-0.39, 0.29) is 0 Å². The molecule has 18 heavy (non-hydrogen) atoms. The van der Waals surface area contributed by atoms with Gasteiger partial charge in [-0.3, -0.25) is 0 Å². The lowest BCUT2D eigenvalue weighted by molar-refractivity contribution is 0.380. The van der Waals surface area contributed by atoms with Crippen molar-refractivity contribution in [2.24, 2.45) is 5.92 Å². The second-order valence-electron chi connectivity index (χ2n) is 5.65. The highest BCUT2D eigenvalue weighted by Gasteiger charge is 2.24. The van der Waals surface area contributed by atoms with Gasteiger partial charge < -0.3 is 10.2 Å². The molecule has 4 nitrogen and oxygen atoms in total. The maximum absolute atomic E-state index is 4.27. The molecule has 1 saturated carbocycles. The minimum absolute atomic E-state index is 0.839. The minimum Gasteiger partial charge on any atom is -0.355 e. The summed E-state index contributed by atoms with van der Waals surface area (Å²) in [7, 11) is 0. The van der Waals surface area contributed by atoms with Gasteiger partial charge in [-0.1, -0.05) is 0 Å². The van der Waals surface area contributed by atoms with Crippen LogP contribution in [0.15, 0.2) is 12.1 Å². The van der Waals surface area contributed by atoms with Crippen LogP contribution in [0.3, 0.4) is 0 Å². The Morgan fingerprint density at radius 2 is 1.94 bits per heavy atom. The fourth-order valence-corrected chi connectivity index (χ4v) is 2.55. The average molecular weight is 246 g/mol. The van der Waals surface area contributed by atoms with Crippen molar-refractivity contribution in [3.63, 3.8) is 0 Å². The topological polar surface area (TPSA) is 41.0 Å². The van der Waals surface area contributed by atoms with E-state index in [0.717, 1.165) is 36.6 Å². The third-order valence-electron chi connectivity index (χ3n) is 3.99. The number of rotatable bonds is 4. The highest BCUT2D eigenvalue weighted by Crippen LogP contribution is 2.23. The number of hydrogen-bond donors (Lipinski definition) is 1. The summed E-state index contributed by atoms with van der Waals surface area (Å²) < 4.78 is 0. The molecule has 1 aliphatic carbocycles. The fraction of sp³-hybridized carbons (Fsp3) is 0.714. The molecule has 1 aromatic heterocycles. The molecule has 3 rings (SSSR count). The molecule has 1 aliphatic heterocycles. The molecule has 2 heterocycles. The molecule has 98 valence electrons. The van der Waals surface area contributed by atoms with Crippen LogP contribution in [-0.4, -0.2) is 35.9 Å². The van der Waals surface area contributed by atoms with E-state index < -0.39 is 0 Å². The zero-order chi connectivity index (χ0) is 12.4. The maximum atomic E-state index is 4.27. The van der Waals surface area contributed by atoms with Gasteiger partial charge >= 0.3 is 0 Å². The van der Waals surface area contributed by atoms with Crippen molar-refractivity contribution in [3.05, 3.63) is 17.8 Å². The van der Waals surface area contributed by atoms with E-state index in [4.69, 9.17) is 0 Å². The molecule has 2 fully saturated rings. The van der Waals surface area contributed by atoms with Gasteiger partial charge in [0.05, 0.1) is 5.69 Å². The van der Waals surface area contributed by atoms with Crippen LogP contribution in [0.25, 0.3) is 0 Å². The normalized spacial score (nSPS) is 21.3. The number of anilines is 1. The molecule has 0 aromatic carbocycles. The Morgan fingerprint density at radius 1 is 1.17 bits per heavy atom. The van der Waals surface area contributed by atoms with Crippen LogP contribution in [0.2, 0.25) is 0 Å². The summed E-state index contributed by atoms with van der Waals surface area (Å²) in [6.07, 6.45) is 5.32. The predicted molar refractivity (Wildman–Crippen MR) is 72.7 cm³/mol. The van der Waals surface area contributed by atoms with E-state index in [1.54, 1.807) is 0 Å². The zero-order valence-electron chi connectivity index (χ0n) is 11.1. The third-order valence-corrected chi connectivity index (χ3v) is 3.99.